The van der Waals surface area contributed by atoms with E-state index in [2.05, 4.69) is 6.92 Å². The summed E-state index contributed by atoms with van der Waals surface area (Å²) in [5.74, 6) is 0.609. The second-order valence-corrected chi connectivity index (χ2v) is 4.87. The van der Waals surface area contributed by atoms with Gasteiger partial charge < -0.3 is 5.11 Å². The first kappa shape index (κ1) is 7.37. The number of hydrogen-bond donors (Lipinski definition) is 1. The average molecular weight is 169 g/mol. The van der Waals surface area contributed by atoms with Crippen LogP contribution >= 0.6 is 0 Å². The summed E-state index contributed by atoms with van der Waals surface area (Å²) in [5, 5.41) is 9.69. The fourth-order valence-corrected chi connectivity index (χ4v) is 2.97. The van der Waals surface area contributed by atoms with Crippen molar-refractivity contribution in [2.75, 3.05) is 0 Å². The third kappa shape index (κ3) is 1.39. The van der Waals surface area contributed by atoms with Crippen molar-refractivity contribution >= 4 is 0 Å². The molecular weight excluding hydrogens is 148 g/mol. The van der Waals surface area contributed by atoms with Crippen LogP contribution in [0.4, 0.5) is 0 Å². The van der Waals surface area contributed by atoms with Crippen LogP contribution in [0.3, 0.4) is 0 Å². The second-order valence-electron chi connectivity index (χ2n) is 4.87. The highest BCUT2D eigenvalue weighted by atomic mass is 16.3. The topological polar surface area (TPSA) is 20.2 Å². The van der Waals surface area contributed by atoms with Crippen molar-refractivity contribution in [3.8, 4) is 0 Å². The summed E-state index contributed by atoms with van der Waals surface area (Å²) in [6.45, 7) is 2.35. The average Bonchev–Trinajstić information content (AvgIpc) is 2.05. The van der Waals surface area contributed by atoms with Crippen molar-refractivity contribution in [2.24, 2.45) is 11.3 Å². The Labute approximate surface area is 76.6 Å². The Morgan fingerprint density at radius 2 is 2.17 bits per heavy atom. The molecule has 0 aromatic rings. The Balaban J connectivity index is 2.10. The molecule has 0 bridgehead atoms. The Bertz CT molecular complexity index is 202. The van der Waals surface area contributed by atoms with E-state index < -0.39 is 6.08 Å². The molecule has 70 valence electrons. The van der Waals surface area contributed by atoms with Gasteiger partial charge in [0.2, 0.25) is 0 Å². The van der Waals surface area contributed by atoms with Crippen molar-refractivity contribution in [1.82, 2.24) is 0 Å². The molecule has 1 N–H and O–H groups in total. The van der Waals surface area contributed by atoms with E-state index in [0.717, 1.165) is 6.42 Å². The lowest BCUT2D eigenvalue weighted by Crippen LogP contribution is -2.38. The quantitative estimate of drug-likeness (QED) is 0.591. The highest BCUT2D eigenvalue weighted by molar-refractivity contribution is 4.91. The van der Waals surface area contributed by atoms with Crippen LogP contribution in [-0.2, 0) is 0 Å². The zero-order valence-corrected chi connectivity index (χ0v) is 7.97. The third-order valence-corrected chi connectivity index (χ3v) is 4.00. The molecule has 12 heavy (non-hydrogen) atoms. The van der Waals surface area contributed by atoms with Gasteiger partial charge >= 0.3 is 0 Å². The normalized spacial score (nSPS) is 55.8. The molecule has 3 unspecified atom stereocenters. The Hall–Kier alpha value is -0.0400. The van der Waals surface area contributed by atoms with Crippen LogP contribution in [0.1, 0.15) is 53.2 Å². The summed E-state index contributed by atoms with van der Waals surface area (Å²) in [6.07, 6.45) is 6.54. The van der Waals surface area contributed by atoms with Crippen LogP contribution in [0.5, 0.6) is 0 Å². The summed E-state index contributed by atoms with van der Waals surface area (Å²) in [7, 11) is 0. The minimum absolute atomic E-state index is 0.450. The molecule has 0 aromatic carbocycles. The fourth-order valence-electron chi connectivity index (χ4n) is 2.97. The number of aliphatic hydroxyl groups is 1. The van der Waals surface area contributed by atoms with Gasteiger partial charge in [-0.25, -0.2) is 0 Å². The van der Waals surface area contributed by atoms with Crippen molar-refractivity contribution in [1.29, 1.82) is 0 Å². The van der Waals surface area contributed by atoms with Gasteiger partial charge in [0.15, 0.2) is 0 Å². The minimum Gasteiger partial charge on any atom is -0.393 e. The predicted octanol–water partition coefficient (Wildman–Crippen LogP) is 2.73. The zero-order chi connectivity index (χ0) is 9.53. The molecule has 0 aromatic heterocycles. The maximum Gasteiger partial charge on any atom is 0.0600 e. The smallest absolute Gasteiger partial charge is 0.0600 e. The van der Waals surface area contributed by atoms with Crippen LogP contribution in [0.2, 0.25) is 0 Å². The zero-order valence-electron chi connectivity index (χ0n) is 8.97. The molecule has 2 fully saturated rings. The van der Waals surface area contributed by atoms with E-state index in [1.807, 2.05) is 0 Å². The molecule has 0 spiro atoms. The predicted molar refractivity (Wildman–Crippen MR) is 49.9 cm³/mol. The highest BCUT2D eigenvalue weighted by Gasteiger charge is 2.40. The fraction of sp³-hybridized carbons (Fsp3) is 1.00. The van der Waals surface area contributed by atoms with E-state index in [1.54, 1.807) is 0 Å². The molecule has 0 amide bonds. The minimum atomic E-state index is -1.11. The highest BCUT2D eigenvalue weighted by Crippen LogP contribution is 2.49. The van der Waals surface area contributed by atoms with Gasteiger partial charge in [-0.3, -0.25) is 0 Å². The van der Waals surface area contributed by atoms with Crippen LogP contribution in [0.25, 0.3) is 0 Å². The van der Waals surface area contributed by atoms with Crippen molar-refractivity contribution in [2.45, 2.75) is 57.9 Å². The van der Waals surface area contributed by atoms with E-state index >= 15 is 0 Å². The van der Waals surface area contributed by atoms with Crippen molar-refractivity contribution < 1.29 is 6.48 Å². The summed E-state index contributed by atoms with van der Waals surface area (Å²) in [6, 6.07) is 0. The molecule has 1 heteroatoms. The van der Waals surface area contributed by atoms with Gasteiger partial charge in [-0.1, -0.05) is 19.8 Å². The number of rotatable bonds is 0. The van der Waals surface area contributed by atoms with Gasteiger partial charge in [0.05, 0.1) is 7.45 Å². The van der Waals surface area contributed by atoms with Gasteiger partial charge in [-0.2, -0.15) is 0 Å². The van der Waals surface area contributed by atoms with Crippen LogP contribution < -0.4 is 0 Å². The maximum absolute atomic E-state index is 9.69. The van der Waals surface area contributed by atoms with Crippen molar-refractivity contribution in [3.05, 3.63) is 0 Å². The van der Waals surface area contributed by atoms with E-state index in [-0.39, 0.29) is 0 Å². The SMILES string of the molecule is [2H]C1(O)CCC2(C)CCCCC2C1. The molecule has 1 nitrogen and oxygen atoms in total. The van der Waals surface area contributed by atoms with Crippen LogP contribution in [0, 0.1) is 11.3 Å². The first-order valence-corrected chi connectivity index (χ1v) is 5.24. The molecule has 0 saturated heterocycles. The van der Waals surface area contributed by atoms with E-state index in [4.69, 9.17) is 1.37 Å². The van der Waals surface area contributed by atoms with Crippen LogP contribution in [-0.4, -0.2) is 11.2 Å². The van der Waals surface area contributed by atoms with E-state index in [9.17, 15) is 5.11 Å². The molecule has 2 aliphatic carbocycles. The summed E-state index contributed by atoms with van der Waals surface area (Å²) in [5.41, 5.74) is 0.450. The van der Waals surface area contributed by atoms with Gasteiger partial charge in [-0.15, -0.1) is 0 Å². The monoisotopic (exact) mass is 169 g/mol. The molecule has 0 heterocycles. The molecule has 3 atom stereocenters. The van der Waals surface area contributed by atoms with Crippen LogP contribution in [0.15, 0.2) is 0 Å². The van der Waals surface area contributed by atoms with Gasteiger partial charge in [0.1, 0.15) is 0 Å². The molecule has 0 radical (unpaired) electrons. The molecule has 0 aliphatic heterocycles. The summed E-state index contributed by atoms with van der Waals surface area (Å²) < 4.78 is 7.69. The maximum atomic E-state index is 9.69. The molecule has 2 rings (SSSR count). The Morgan fingerprint density at radius 3 is 3.00 bits per heavy atom. The molecular formula is C11H20O. The largest absolute Gasteiger partial charge is 0.393 e. The summed E-state index contributed by atoms with van der Waals surface area (Å²) >= 11 is 0. The standard InChI is InChI=1S/C11H20O/c1-11-6-3-2-4-9(11)8-10(12)5-7-11/h9-10,12H,2-8H2,1H3/i10D. The lowest BCUT2D eigenvalue weighted by atomic mass is 9.60. The lowest BCUT2D eigenvalue weighted by Gasteiger charge is -2.46. The first-order chi connectivity index (χ1) is 6.02. The Morgan fingerprint density at radius 1 is 1.33 bits per heavy atom. The molecule has 2 saturated carbocycles. The van der Waals surface area contributed by atoms with E-state index in [1.165, 1.54) is 25.7 Å². The van der Waals surface area contributed by atoms with Crippen molar-refractivity contribution in [3.63, 3.8) is 0 Å². The Kier molecular flexibility index (Phi) is 1.86. The van der Waals surface area contributed by atoms with Gasteiger partial charge in [0, 0.05) is 0 Å². The lowest BCUT2D eigenvalue weighted by molar-refractivity contribution is -0.00751. The third-order valence-electron chi connectivity index (χ3n) is 4.00. The number of fused-ring (bicyclic) bond motifs is 1. The van der Waals surface area contributed by atoms with Gasteiger partial charge in [0.25, 0.3) is 0 Å². The van der Waals surface area contributed by atoms with Gasteiger partial charge in [-0.05, 0) is 43.4 Å². The number of hydrogen-bond acceptors (Lipinski definition) is 1. The first-order valence-electron chi connectivity index (χ1n) is 5.74. The second kappa shape index (κ2) is 3.02. The molecule has 2 aliphatic rings. The van der Waals surface area contributed by atoms with E-state index in [0.29, 0.717) is 24.2 Å². The summed E-state index contributed by atoms with van der Waals surface area (Å²) in [4.78, 5) is 0.